The van der Waals surface area contributed by atoms with E-state index in [9.17, 15) is 8.42 Å². The highest BCUT2D eigenvalue weighted by Gasteiger charge is 2.15. The summed E-state index contributed by atoms with van der Waals surface area (Å²) in [6.45, 7) is 0. The second-order valence-electron chi connectivity index (χ2n) is 4.42. The van der Waals surface area contributed by atoms with Gasteiger partial charge in [0.05, 0.1) is 5.52 Å². The number of hydrogen-bond acceptors (Lipinski definition) is 3. The Labute approximate surface area is 116 Å². The van der Waals surface area contributed by atoms with E-state index in [4.69, 9.17) is 5.14 Å². The van der Waals surface area contributed by atoms with Crippen molar-refractivity contribution in [2.45, 2.75) is 4.90 Å². The van der Waals surface area contributed by atoms with Gasteiger partial charge in [-0.25, -0.2) is 13.6 Å². The van der Waals surface area contributed by atoms with Crippen LogP contribution in [-0.4, -0.2) is 13.4 Å². The van der Waals surface area contributed by atoms with Gasteiger partial charge in [0.25, 0.3) is 0 Å². The van der Waals surface area contributed by atoms with Crippen molar-refractivity contribution in [3.05, 3.63) is 60.8 Å². The molecule has 20 heavy (non-hydrogen) atoms. The molecule has 1 aromatic heterocycles. The average Bonchev–Trinajstić information content (AvgIpc) is 2.46. The second-order valence-corrected chi connectivity index (χ2v) is 5.95. The van der Waals surface area contributed by atoms with Crippen LogP contribution in [0.25, 0.3) is 22.0 Å². The lowest BCUT2D eigenvalue weighted by molar-refractivity contribution is 0.598. The third-order valence-corrected chi connectivity index (χ3v) is 4.07. The van der Waals surface area contributed by atoms with E-state index in [-0.39, 0.29) is 4.90 Å². The van der Waals surface area contributed by atoms with Crippen molar-refractivity contribution in [2.75, 3.05) is 0 Å². The van der Waals surface area contributed by atoms with Gasteiger partial charge >= 0.3 is 0 Å². The molecule has 4 nitrogen and oxygen atoms in total. The maximum absolute atomic E-state index is 11.6. The molecule has 100 valence electrons. The zero-order chi connectivity index (χ0) is 14.2. The summed E-state index contributed by atoms with van der Waals surface area (Å²) in [6, 6.07) is 16.6. The first-order chi connectivity index (χ1) is 9.57. The molecule has 2 aromatic carbocycles. The van der Waals surface area contributed by atoms with Gasteiger partial charge in [0, 0.05) is 11.6 Å². The Morgan fingerprint density at radius 1 is 0.900 bits per heavy atom. The Bertz CT molecular complexity index is 875. The normalized spacial score (nSPS) is 11.7. The molecular formula is C15H12N2O2S. The molecule has 0 amide bonds. The molecule has 0 spiro atoms. The predicted octanol–water partition coefficient (Wildman–Crippen LogP) is 2.55. The molecule has 0 saturated carbocycles. The minimum atomic E-state index is -3.79. The first-order valence-corrected chi connectivity index (χ1v) is 7.58. The third kappa shape index (κ3) is 2.17. The molecule has 2 N–H and O–H groups in total. The van der Waals surface area contributed by atoms with Crippen LogP contribution in [0.1, 0.15) is 0 Å². The molecule has 0 aliphatic heterocycles. The summed E-state index contributed by atoms with van der Waals surface area (Å²) in [4.78, 5) is 4.22. The van der Waals surface area contributed by atoms with Crippen LogP contribution in [0.2, 0.25) is 0 Å². The van der Waals surface area contributed by atoms with Gasteiger partial charge in [-0.1, -0.05) is 42.5 Å². The van der Waals surface area contributed by atoms with Crippen LogP contribution in [-0.2, 0) is 10.0 Å². The number of pyridine rings is 1. The topological polar surface area (TPSA) is 73.1 Å². The minimum Gasteiger partial charge on any atom is -0.255 e. The van der Waals surface area contributed by atoms with Gasteiger partial charge in [-0.15, -0.1) is 0 Å². The van der Waals surface area contributed by atoms with E-state index >= 15 is 0 Å². The van der Waals surface area contributed by atoms with Gasteiger partial charge < -0.3 is 0 Å². The van der Waals surface area contributed by atoms with E-state index in [1.165, 1.54) is 6.07 Å². The zero-order valence-corrected chi connectivity index (χ0v) is 11.3. The SMILES string of the molecule is NS(=O)(=O)c1cccc2c(-c3ccccc3)ccnc12. The zero-order valence-electron chi connectivity index (χ0n) is 10.5. The summed E-state index contributed by atoms with van der Waals surface area (Å²) in [5.74, 6) is 0. The first kappa shape index (κ1) is 12.8. The van der Waals surface area contributed by atoms with Gasteiger partial charge in [-0.05, 0) is 23.3 Å². The lowest BCUT2D eigenvalue weighted by atomic mass is 10.0. The number of primary sulfonamides is 1. The van der Waals surface area contributed by atoms with Crippen molar-refractivity contribution in [2.24, 2.45) is 5.14 Å². The molecule has 0 radical (unpaired) electrons. The number of hydrogen-bond donors (Lipinski definition) is 1. The Balaban J connectivity index is 2.38. The summed E-state index contributed by atoms with van der Waals surface area (Å²) >= 11 is 0. The fourth-order valence-corrected chi connectivity index (χ4v) is 2.95. The van der Waals surface area contributed by atoms with Crippen molar-refractivity contribution < 1.29 is 8.42 Å². The number of rotatable bonds is 2. The molecule has 0 fully saturated rings. The van der Waals surface area contributed by atoms with E-state index in [2.05, 4.69) is 4.98 Å². The Morgan fingerprint density at radius 2 is 1.65 bits per heavy atom. The van der Waals surface area contributed by atoms with Gasteiger partial charge in [0.2, 0.25) is 10.0 Å². The van der Waals surface area contributed by atoms with Crippen LogP contribution in [0.5, 0.6) is 0 Å². The maximum Gasteiger partial charge on any atom is 0.240 e. The summed E-state index contributed by atoms with van der Waals surface area (Å²) in [5.41, 5.74) is 2.34. The van der Waals surface area contributed by atoms with Gasteiger partial charge in [0.15, 0.2) is 0 Å². The van der Waals surface area contributed by atoms with Gasteiger partial charge in [-0.3, -0.25) is 4.98 Å². The molecule has 5 heteroatoms. The molecule has 1 heterocycles. The highest BCUT2D eigenvalue weighted by atomic mass is 32.2. The average molecular weight is 284 g/mol. The van der Waals surface area contributed by atoms with Crippen molar-refractivity contribution in [3.63, 3.8) is 0 Å². The summed E-state index contributed by atoms with van der Waals surface area (Å²) < 4.78 is 23.3. The molecule has 0 unspecified atom stereocenters. The second kappa shape index (κ2) is 4.70. The summed E-state index contributed by atoms with van der Waals surface area (Å²) in [6.07, 6.45) is 1.60. The number of fused-ring (bicyclic) bond motifs is 1. The van der Waals surface area contributed by atoms with E-state index < -0.39 is 10.0 Å². The van der Waals surface area contributed by atoms with E-state index in [1.807, 2.05) is 42.5 Å². The summed E-state index contributed by atoms with van der Waals surface area (Å²) in [7, 11) is -3.79. The van der Waals surface area contributed by atoms with Gasteiger partial charge in [0.1, 0.15) is 4.90 Å². The lowest BCUT2D eigenvalue weighted by Gasteiger charge is -2.08. The first-order valence-electron chi connectivity index (χ1n) is 6.03. The van der Waals surface area contributed by atoms with Crippen molar-refractivity contribution in [3.8, 4) is 11.1 Å². The van der Waals surface area contributed by atoms with E-state index in [0.29, 0.717) is 5.52 Å². The quantitative estimate of drug-likeness (QED) is 0.786. The molecule has 0 atom stereocenters. The van der Waals surface area contributed by atoms with Crippen LogP contribution in [0.3, 0.4) is 0 Å². The number of nitrogens with zero attached hydrogens (tertiary/aromatic N) is 1. The van der Waals surface area contributed by atoms with Crippen LogP contribution < -0.4 is 5.14 Å². The van der Waals surface area contributed by atoms with Crippen molar-refractivity contribution in [1.29, 1.82) is 0 Å². The largest absolute Gasteiger partial charge is 0.255 e. The molecule has 0 bridgehead atoms. The molecular weight excluding hydrogens is 272 g/mol. The Morgan fingerprint density at radius 3 is 2.35 bits per heavy atom. The number of sulfonamides is 1. The Hall–Kier alpha value is -2.24. The van der Waals surface area contributed by atoms with Crippen molar-refractivity contribution >= 4 is 20.9 Å². The number of benzene rings is 2. The number of aromatic nitrogens is 1. The lowest BCUT2D eigenvalue weighted by Crippen LogP contribution is -2.13. The monoisotopic (exact) mass is 284 g/mol. The highest BCUT2D eigenvalue weighted by molar-refractivity contribution is 7.89. The molecule has 0 saturated heterocycles. The van der Waals surface area contributed by atoms with E-state index in [0.717, 1.165) is 16.5 Å². The minimum absolute atomic E-state index is 0.0489. The smallest absolute Gasteiger partial charge is 0.240 e. The van der Waals surface area contributed by atoms with Gasteiger partial charge in [-0.2, -0.15) is 0 Å². The van der Waals surface area contributed by atoms with Crippen LogP contribution >= 0.6 is 0 Å². The van der Waals surface area contributed by atoms with Crippen LogP contribution in [0, 0.1) is 0 Å². The van der Waals surface area contributed by atoms with Crippen molar-refractivity contribution in [1.82, 2.24) is 4.98 Å². The van der Waals surface area contributed by atoms with E-state index in [1.54, 1.807) is 12.3 Å². The predicted molar refractivity (Wildman–Crippen MR) is 78.6 cm³/mol. The Kier molecular flexibility index (Phi) is 3.00. The standard InChI is InChI=1S/C15H12N2O2S/c16-20(18,19)14-8-4-7-13-12(9-10-17-15(13)14)11-5-2-1-3-6-11/h1-10H,(H2,16,18,19). The molecule has 0 aliphatic rings. The van der Waals surface area contributed by atoms with Crippen LogP contribution in [0.4, 0.5) is 0 Å². The molecule has 3 rings (SSSR count). The third-order valence-electron chi connectivity index (χ3n) is 3.13. The molecule has 0 aliphatic carbocycles. The number of para-hydroxylation sites is 1. The fraction of sp³-hybridized carbons (Fsp3) is 0. The summed E-state index contributed by atoms with van der Waals surface area (Å²) in [5, 5.41) is 6.01. The highest BCUT2D eigenvalue weighted by Crippen LogP contribution is 2.29. The number of nitrogens with two attached hydrogens (primary N) is 1. The fourth-order valence-electron chi connectivity index (χ4n) is 2.25. The molecule has 3 aromatic rings. The van der Waals surface area contributed by atoms with Crippen LogP contribution in [0.15, 0.2) is 65.7 Å². The maximum atomic E-state index is 11.6.